The standard InChI is InChI=1S/C27H30N/c1-17-9-12-23-24-14-21(20-7-5-6-8-20)10-11-22(24)15-25(23)27(17)26-13-18(2)19(3)16-28(26)4/h9-14,16,20H,5-8,15H2,1-4H3/q+1. The highest BCUT2D eigenvalue weighted by molar-refractivity contribution is 5.85. The highest BCUT2D eigenvalue weighted by Crippen LogP contribution is 2.44. The molecule has 1 fully saturated rings. The summed E-state index contributed by atoms with van der Waals surface area (Å²) in [6, 6.07) is 14.4. The van der Waals surface area contributed by atoms with Crippen LogP contribution in [0.4, 0.5) is 0 Å². The average molecular weight is 369 g/mol. The predicted molar refractivity (Wildman–Crippen MR) is 117 cm³/mol. The number of hydrogen-bond donors (Lipinski definition) is 0. The maximum absolute atomic E-state index is 2.51. The Kier molecular flexibility index (Phi) is 4.16. The zero-order valence-corrected chi connectivity index (χ0v) is 17.6. The molecule has 1 heterocycles. The summed E-state index contributed by atoms with van der Waals surface area (Å²) in [5.41, 5.74) is 14.4. The number of benzene rings is 2. The summed E-state index contributed by atoms with van der Waals surface area (Å²) in [7, 11) is 2.18. The first-order chi connectivity index (χ1) is 13.5. The molecule has 2 aromatic carbocycles. The second-order valence-electron chi connectivity index (χ2n) is 8.99. The van der Waals surface area contributed by atoms with Crippen molar-refractivity contribution >= 4 is 0 Å². The van der Waals surface area contributed by atoms with E-state index in [1.807, 2.05) is 0 Å². The van der Waals surface area contributed by atoms with E-state index < -0.39 is 0 Å². The number of pyridine rings is 1. The first-order valence-electron chi connectivity index (χ1n) is 10.8. The third kappa shape index (κ3) is 2.71. The molecule has 2 aliphatic rings. The Morgan fingerprint density at radius 1 is 0.821 bits per heavy atom. The quantitative estimate of drug-likeness (QED) is 0.364. The van der Waals surface area contributed by atoms with Crippen molar-refractivity contribution in [1.82, 2.24) is 0 Å². The fourth-order valence-electron chi connectivity index (χ4n) is 5.39. The second-order valence-corrected chi connectivity index (χ2v) is 8.99. The maximum Gasteiger partial charge on any atom is 0.213 e. The molecule has 0 spiro atoms. The van der Waals surface area contributed by atoms with Crippen LogP contribution in [0.2, 0.25) is 0 Å². The summed E-state index contributed by atoms with van der Waals surface area (Å²) in [5.74, 6) is 0.775. The second kappa shape index (κ2) is 6.58. The van der Waals surface area contributed by atoms with E-state index in [4.69, 9.17) is 0 Å². The Bertz CT molecular complexity index is 1080. The van der Waals surface area contributed by atoms with Gasteiger partial charge in [-0.3, -0.25) is 0 Å². The van der Waals surface area contributed by atoms with Gasteiger partial charge in [-0.25, -0.2) is 4.57 Å². The van der Waals surface area contributed by atoms with Gasteiger partial charge < -0.3 is 0 Å². The number of aromatic nitrogens is 1. The molecule has 0 radical (unpaired) electrons. The first-order valence-corrected chi connectivity index (χ1v) is 10.8. The van der Waals surface area contributed by atoms with Gasteiger partial charge in [0, 0.05) is 11.6 Å². The van der Waals surface area contributed by atoms with Crippen molar-refractivity contribution in [2.24, 2.45) is 7.05 Å². The van der Waals surface area contributed by atoms with Gasteiger partial charge in [0.1, 0.15) is 7.05 Å². The van der Waals surface area contributed by atoms with Crippen LogP contribution in [0.25, 0.3) is 22.4 Å². The molecule has 0 aliphatic heterocycles. The molecule has 1 heteroatoms. The molecular weight excluding hydrogens is 338 g/mol. The van der Waals surface area contributed by atoms with Gasteiger partial charge >= 0.3 is 0 Å². The van der Waals surface area contributed by atoms with Gasteiger partial charge in [-0.1, -0.05) is 43.2 Å². The molecule has 28 heavy (non-hydrogen) atoms. The Balaban J connectivity index is 1.67. The summed E-state index contributed by atoms with van der Waals surface area (Å²) in [6.45, 7) is 6.68. The van der Waals surface area contributed by atoms with Gasteiger partial charge in [0.2, 0.25) is 5.69 Å². The van der Waals surface area contributed by atoms with E-state index in [2.05, 4.69) is 75.0 Å². The minimum Gasteiger partial charge on any atom is -0.201 e. The highest BCUT2D eigenvalue weighted by atomic mass is 14.9. The lowest BCUT2D eigenvalue weighted by Gasteiger charge is -2.13. The molecular formula is C27H30N+. The van der Waals surface area contributed by atoms with E-state index >= 15 is 0 Å². The summed E-state index contributed by atoms with van der Waals surface area (Å²) in [5, 5.41) is 0. The number of aryl methyl sites for hydroxylation is 4. The number of nitrogens with zero attached hydrogens (tertiary/aromatic N) is 1. The van der Waals surface area contributed by atoms with Gasteiger partial charge in [-0.05, 0) is 84.9 Å². The summed E-state index contributed by atoms with van der Waals surface area (Å²) in [6.07, 6.45) is 8.84. The van der Waals surface area contributed by atoms with Crippen LogP contribution in [0.1, 0.15) is 65.0 Å². The Labute approximate surface area is 169 Å². The number of hydrogen-bond acceptors (Lipinski definition) is 0. The van der Waals surface area contributed by atoms with Crippen LogP contribution in [0.3, 0.4) is 0 Å². The van der Waals surface area contributed by atoms with E-state index in [0.29, 0.717) is 0 Å². The Hall–Kier alpha value is -2.41. The monoisotopic (exact) mass is 368 g/mol. The van der Waals surface area contributed by atoms with Crippen LogP contribution in [-0.4, -0.2) is 0 Å². The zero-order chi connectivity index (χ0) is 19.4. The van der Waals surface area contributed by atoms with Crippen LogP contribution in [0.5, 0.6) is 0 Å². The summed E-state index contributed by atoms with van der Waals surface area (Å²) < 4.78 is 2.30. The fourth-order valence-corrected chi connectivity index (χ4v) is 5.39. The first kappa shape index (κ1) is 17.7. The van der Waals surface area contributed by atoms with E-state index in [0.717, 1.165) is 12.3 Å². The van der Waals surface area contributed by atoms with Crippen molar-refractivity contribution in [3.63, 3.8) is 0 Å². The van der Waals surface area contributed by atoms with Crippen molar-refractivity contribution in [2.45, 2.75) is 58.8 Å². The fraction of sp³-hybridized carbons (Fsp3) is 0.370. The van der Waals surface area contributed by atoms with Crippen LogP contribution < -0.4 is 4.57 Å². The van der Waals surface area contributed by atoms with Gasteiger partial charge in [0.05, 0.1) is 5.56 Å². The van der Waals surface area contributed by atoms with Crippen LogP contribution in [-0.2, 0) is 13.5 Å². The Morgan fingerprint density at radius 2 is 1.61 bits per heavy atom. The number of rotatable bonds is 2. The van der Waals surface area contributed by atoms with E-state index in [9.17, 15) is 0 Å². The lowest BCUT2D eigenvalue weighted by molar-refractivity contribution is -0.660. The highest BCUT2D eigenvalue weighted by Gasteiger charge is 2.28. The van der Waals surface area contributed by atoms with Crippen molar-refractivity contribution in [3.05, 3.63) is 76.0 Å². The SMILES string of the molecule is Cc1cc(-c2c(C)ccc3c2Cc2ccc(C4CCCC4)cc2-3)[n+](C)cc1C. The van der Waals surface area contributed by atoms with Crippen LogP contribution >= 0.6 is 0 Å². The lowest BCUT2D eigenvalue weighted by Crippen LogP contribution is -2.32. The Morgan fingerprint density at radius 3 is 2.39 bits per heavy atom. The van der Waals surface area contributed by atoms with Crippen molar-refractivity contribution < 1.29 is 4.57 Å². The molecule has 0 N–H and O–H groups in total. The van der Waals surface area contributed by atoms with Crippen LogP contribution in [0, 0.1) is 20.8 Å². The summed E-state index contributed by atoms with van der Waals surface area (Å²) >= 11 is 0. The average Bonchev–Trinajstić information content (AvgIpc) is 3.32. The van der Waals surface area contributed by atoms with E-state index in [1.165, 1.54) is 75.9 Å². The van der Waals surface area contributed by atoms with Crippen LogP contribution in [0.15, 0.2) is 42.6 Å². The van der Waals surface area contributed by atoms with E-state index in [-0.39, 0.29) is 0 Å². The minimum atomic E-state index is 0.775. The van der Waals surface area contributed by atoms with Gasteiger partial charge in [-0.15, -0.1) is 0 Å². The van der Waals surface area contributed by atoms with Crippen molar-refractivity contribution in [2.75, 3.05) is 0 Å². The predicted octanol–water partition coefficient (Wildman–Crippen LogP) is 6.33. The van der Waals surface area contributed by atoms with Gasteiger partial charge in [0.15, 0.2) is 6.20 Å². The third-order valence-electron chi connectivity index (χ3n) is 7.14. The molecule has 0 atom stereocenters. The molecule has 1 aromatic heterocycles. The van der Waals surface area contributed by atoms with E-state index in [1.54, 1.807) is 5.56 Å². The molecule has 1 saturated carbocycles. The topological polar surface area (TPSA) is 3.88 Å². The molecule has 2 aliphatic carbocycles. The molecule has 5 rings (SSSR count). The molecule has 0 bridgehead atoms. The molecule has 142 valence electrons. The lowest BCUT2D eigenvalue weighted by atomic mass is 9.92. The largest absolute Gasteiger partial charge is 0.213 e. The number of fused-ring (bicyclic) bond motifs is 3. The van der Waals surface area contributed by atoms with Crippen molar-refractivity contribution in [3.8, 4) is 22.4 Å². The maximum atomic E-state index is 2.51. The molecule has 0 unspecified atom stereocenters. The van der Waals surface area contributed by atoms with Gasteiger partial charge in [-0.2, -0.15) is 0 Å². The normalized spacial score (nSPS) is 15.7. The summed E-state index contributed by atoms with van der Waals surface area (Å²) in [4.78, 5) is 0. The minimum absolute atomic E-state index is 0.775. The molecule has 3 aromatic rings. The van der Waals surface area contributed by atoms with Gasteiger partial charge in [0.25, 0.3) is 0 Å². The van der Waals surface area contributed by atoms with Crippen molar-refractivity contribution in [1.29, 1.82) is 0 Å². The molecule has 0 amide bonds. The zero-order valence-electron chi connectivity index (χ0n) is 17.6. The third-order valence-corrected chi connectivity index (χ3v) is 7.14. The smallest absolute Gasteiger partial charge is 0.201 e. The molecule has 0 saturated heterocycles. The molecule has 1 nitrogen and oxygen atoms in total.